The molecule has 128 valence electrons. The van der Waals surface area contributed by atoms with E-state index >= 15 is 0 Å². The molecule has 1 fully saturated rings. The molecule has 1 aliphatic heterocycles. The Bertz CT molecular complexity index is 491. The van der Waals surface area contributed by atoms with E-state index in [9.17, 15) is 15.0 Å². The van der Waals surface area contributed by atoms with Gasteiger partial charge in [0, 0.05) is 6.42 Å². The number of aliphatic hydroxyl groups is 2. The first kappa shape index (κ1) is 17.9. The lowest BCUT2D eigenvalue weighted by atomic mass is 9.99. The number of hydrogen-bond donors (Lipinski definition) is 2. The SMILES string of the molecule is CCCC(=O)O[C@@H]1[C@@H](OCc2ccccc2)O[C@@H](C)[C@H](O)[C@H]1O. The van der Waals surface area contributed by atoms with Crippen LogP contribution in [0.4, 0.5) is 0 Å². The van der Waals surface area contributed by atoms with Gasteiger partial charge in [0.05, 0.1) is 12.7 Å². The van der Waals surface area contributed by atoms with E-state index in [1.54, 1.807) is 6.92 Å². The predicted octanol–water partition coefficient (Wildman–Crippen LogP) is 1.38. The Kier molecular flexibility index (Phi) is 6.53. The fourth-order valence-electron chi connectivity index (χ4n) is 2.43. The second kappa shape index (κ2) is 8.40. The molecule has 0 saturated carbocycles. The quantitative estimate of drug-likeness (QED) is 0.769. The molecule has 0 aromatic heterocycles. The summed E-state index contributed by atoms with van der Waals surface area (Å²) in [6, 6.07) is 9.48. The van der Waals surface area contributed by atoms with Gasteiger partial charge in [-0.05, 0) is 18.9 Å². The molecule has 0 radical (unpaired) electrons. The van der Waals surface area contributed by atoms with Gasteiger partial charge in [-0.3, -0.25) is 4.79 Å². The molecule has 0 amide bonds. The van der Waals surface area contributed by atoms with Crippen LogP contribution < -0.4 is 0 Å². The van der Waals surface area contributed by atoms with Crippen LogP contribution in [0, 0.1) is 0 Å². The van der Waals surface area contributed by atoms with Gasteiger partial charge in [0.1, 0.15) is 12.2 Å². The third kappa shape index (κ3) is 4.75. The van der Waals surface area contributed by atoms with Gasteiger partial charge in [0.25, 0.3) is 0 Å². The Labute approximate surface area is 136 Å². The highest BCUT2D eigenvalue weighted by atomic mass is 16.7. The van der Waals surface area contributed by atoms with Gasteiger partial charge < -0.3 is 24.4 Å². The zero-order valence-corrected chi connectivity index (χ0v) is 13.4. The van der Waals surface area contributed by atoms with Crippen molar-refractivity contribution in [3.63, 3.8) is 0 Å². The fourth-order valence-corrected chi connectivity index (χ4v) is 2.43. The number of carbonyl (C=O) groups is 1. The van der Waals surface area contributed by atoms with Gasteiger partial charge >= 0.3 is 5.97 Å². The van der Waals surface area contributed by atoms with Crippen LogP contribution in [-0.4, -0.2) is 46.9 Å². The van der Waals surface area contributed by atoms with Gasteiger partial charge in [-0.25, -0.2) is 0 Å². The van der Waals surface area contributed by atoms with E-state index < -0.39 is 36.7 Å². The molecule has 1 aromatic rings. The van der Waals surface area contributed by atoms with Crippen LogP contribution in [0.3, 0.4) is 0 Å². The Morgan fingerprint density at radius 3 is 2.57 bits per heavy atom. The summed E-state index contributed by atoms with van der Waals surface area (Å²) in [5, 5.41) is 20.1. The number of rotatable bonds is 6. The average molecular weight is 324 g/mol. The summed E-state index contributed by atoms with van der Waals surface area (Å²) in [5.41, 5.74) is 0.933. The van der Waals surface area contributed by atoms with E-state index in [0.29, 0.717) is 6.42 Å². The highest BCUT2D eigenvalue weighted by molar-refractivity contribution is 5.69. The molecule has 1 heterocycles. The molecule has 1 saturated heterocycles. The molecule has 23 heavy (non-hydrogen) atoms. The fraction of sp³-hybridized carbons (Fsp3) is 0.588. The lowest BCUT2D eigenvalue weighted by molar-refractivity contribution is -0.300. The van der Waals surface area contributed by atoms with Gasteiger partial charge in [-0.1, -0.05) is 37.3 Å². The van der Waals surface area contributed by atoms with Crippen molar-refractivity contribution in [1.82, 2.24) is 0 Å². The van der Waals surface area contributed by atoms with Gasteiger partial charge in [-0.15, -0.1) is 0 Å². The second-order valence-electron chi connectivity index (χ2n) is 5.69. The molecule has 2 N–H and O–H groups in total. The smallest absolute Gasteiger partial charge is 0.306 e. The van der Waals surface area contributed by atoms with Crippen molar-refractivity contribution in [2.45, 2.75) is 64.0 Å². The van der Waals surface area contributed by atoms with Crippen molar-refractivity contribution in [2.24, 2.45) is 0 Å². The molecule has 0 aliphatic carbocycles. The van der Waals surface area contributed by atoms with Crippen LogP contribution in [0.5, 0.6) is 0 Å². The van der Waals surface area contributed by atoms with Crippen molar-refractivity contribution in [2.75, 3.05) is 0 Å². The predicted molar refractivity (Wildman–Crippen MR) is 82.4 cm³/mol. The summed E-state index contributed by atoms with van der Waals surface area (Å²) in [7, 11) is 0. The number of hydrogen-bond acceptors (Lipinski definition) is 6. The maximum absolute atomic E-state index is 11.7. The van der Waals surface area contributed by atoms with E-state index in [-0.39, 0.29) is 13.0 Å². The van der Waals surface area contributed by atoms with Crippen LogP contribution in [0.15, 0.2) is 30.3 Å². The maximum Gasteiger partial charge on any atom is 0.306 e. The molecule has 0 bridgehead atoms. The lowest BCUT2D eigenvalue weighted by Gasteiger charge is -2.40. The standard InChI is InChI=1S/C17H24O6/c1-3-7-13(18)23-16-15(20)14(19)11(2)22-17(16)21-10-12-8-5-4-6-9-12/h4-6,8-9,11,14-17,19-20H,3,7,10H2,1-2H3/t11-,14-,15+,16-,17-/m0/s1. The van der Waals surface area contributed by atoms with E-state index in [0.717, 1.165) is 5.56 Å². The molecule has 0 unspecified atom stereocenters. The van der Waals surface area contributed by atoms with E-state index in [2.05, 4.69) is 0 Å². The first-order chi connectivity index (χ1) is 11.0. The van der Waals surface area contributed by atoms with E-state index in [1.165, 1.54) is 0 Å². The van der Waals surface area contributed by atoms with Gasteiger partial charge in [-0.2, -0.15) is 0 Å². The monoisotopic (exact) mass is 324 g/mol. The molecule has 2 rings (SSSR count). The van der Waals surface area contributed by atoms with Gasteiger partial charge in [0.2, 0.25) is 0 Å². The number of aliphatic hydroxyl groups excluding tert-OH is 2. The molecule has 1 aromatic carbocycles. The Morgan fingerprint density at radius 2 is 1.91 bits per heavy atom. The van der Waals surface area contributed by atoms with Crippen LogP contribution in [-0.2, 0) is 25.6 Å². The van der Waals surface area contributed by atoms with Crippen LogP contribution in [0.25, 0.3) is 0 Å². The zero-order chi connectivity index (χ0) is 16.8. The first-order valence-corrected chi connectivity index (χ1v) is 7.89. The molecule has 0 spiro atoms. The van der Waals surface area contributed by atoms with E-state index in [1.807, 2.05) is 37.3 Å². The van der Waals surface area contributed by atoms with E-state index in [4.69, 9.17) is 14.2 Å². The Morgan fingerprint density at radius 1 is 1.22 bits per heavy atom. The minimum Gasteiger partial charge on any atom is -0.454 e. The largest absolute Gasteiger partial charge is 0.454 e. The van der Waals surface area contributed by atoms with Crippen molar-refractivity contribution in [3.8, 4) is 0 Å². The third-order valence-electron chi connectivity index (χ3n) is 3.76. The minimum atomic E-state index is -1.25. The summed E-state index contributed by atoms with van der Waals surface area (Å²) in [4.78, 5) is 11.7. The molecule has 6 heteroatoms. The summed E-state index contributed by atoms with van der Waals surface area (Å²) in [6.07, 6.45) is -4.11. The summed E-state index contributed by atoms with van der Waals surface area (Å²) < 4.78 is 16.5. The van der Waals surface area contributed by atoms with Crippen molar-refractivity contribution in [3.05, 3.63) is 35.9 Å². The Hall–Kier alpha value is -1.47. The van der Waals surface area contributed by atoms with Crippen LogP contribution in [0.1, 0.15) is 32.3 Å². The van der Waals surface area contributed by atoms with Crippen molar-refractivity contribution in [1.29, 1.82) is 0 Å². The number of benzene rings is 1. The minimum absolute atomic E-state index is 0.236. The lowest BCUT2D eigenvalue weighted by Crippen LogP contribution is -2.58. The second-order valence-corrected chi connectivity index (χ2v) is 5.69. The third-order valence-corrected chi connectivity index (χ3v) is 3.76. The topological polar surface area (TPSA) is 85.2 Å². The molecular formula is C17H24O6. The molecule has 6 nitrogen and oxygen atoms in total. The Balaban J connectivity index is 2.04. The number of carbonyl (C=O) groups excluding carboxylic acids is 1. The zero-order valence-electron chi connectivity index (χ0n) is 13.4. The average Bonchev–Trinajstić information content (AvgIpc) is 2.55. The summed E-state index contributed by atoms with van der Waals surface area (Å²) in [5.74, 6) is -0.449. The van der Waals surface area contributed by atoms with Crippen molar-refractivity contribution < 1.29 is 29.2 Å². The van der Waals surface area contributed by atoms with Gasteiger partial charge in [0.15, 0.2) is 12.4 Å². The van der Waals surface area contributed by atoms with Crippen LogP contribution >= 0.6 is 0 Å². The maximum atomic E-state index is 11.7. The highest BCUT2D eigenvalue weighted by Gasteiger charge is 2.45. The van der Waals surface area contributed by atoms with Crippen LogP contribution in [0.2, 0.25) is 0 Å². The normalized spacial score (nSPS) is 30.9. The summed E-state index contributed by atoms with van der Waals surface area (Å²) >= 11 is 0. The first-order valence-electron chi connectivity index (χ1n) is 7.89. The number of esters is 1. The highest BCUT2D eigenvalue weighted by Crippen LogP contribution is 2.25. The van der Waals surface area contributed by atoms with Crippen molar-refractivity contribution >= 4 is 5.97 Å². The number of ether oxygens (including phenoxy) is 3. The molecule has 1 aliphatic rings. The molecular weight excluding hydrogens is 300 g/mol. The molecule has 5 atom stereocenters. The summed E-state index contributed by atoms with van der Waals surface area (Å²) in [6.45, 7) is 3.75.